The van der Waals surface area contributed by atoms with Gasteiger partial charge in [0.1, 0.15) is 25.8 Å². The van der Waals surface area contributed by atoms with Gasteiger partial charge >= 0.3 is 0 Å². The Hall–Kier alpha value is -0.330. The van der Waals surface area contributed by atoms with E-state index in [4.69, 9.17) is 11.6 Å². The van der Waals surface area contributed by atoms with E-state index in [0.29, 0.717) is 16.7 Å². The van der Waals surface area contributed by atoms with Crippen molar-refractivity contribution >= 4 is 33.2 Å². The smallest absolute Gasteiger partial charge is 0.148 e. The fourth-order valence-electron chi connectivity index (χ4n) is 1.24. The Balaban J connectivity index is 2.97. The summed E-state index contributed by atoms with van der Waals surface area (Å²) in [5.74, 6) is 1.27. The quantitative estimate of drug-likeness (QED) is 0.630. The summed E-state index contributed by atoms with van der Waals surface area (Å²) in [5.41, 5.74) is 0.608. The number of hydrogen-bond acceptors (Lipinski definition) is 5. The molecule has 0 aromatic carbocycles. The fraction of sp³-hybridized carbons (Fsp3) is 0.667. The van der Waals surface area contributed by atoms with E-state index in [1.54, 1.807) is 0 Å². The molecule has 4 nitrogen and oxygen atoms in total. The van der Waals surface area contributed by atoms with Gasteiger partial charge in [0, 0.05) is 23.0 Å². The predicted molar refractivity (Wildman–Crippen MR) is 80.9 cm³/mol. The highest BCUT2D eigenvalue weighted by atomic mass is 35.5. The maximum Gasteiger partial charge on any atom is 0.148 e. The summed E-state index contributed by atoms with van der Waals surface area (Å²) in [5, 5.41) is 1.19. The highest BCUT2D eigenvalue weighted by molar-refractivity contribution is 8.00. The first-order chi connectivity index (χ1) is 8.50. The van der Waals surface area contributed by atoms with Crippen LogP contribution in [-0.4, -0.2) is 36.1 Å². The number of rotatable bonds is 4. The van der Waals surface area contributed by atoms with Crippen LogP contribution in [0.4, 0.5) is 0 Å². The van der Waals surface area contributed by atoms with Gasteiger partial charge in [0.05, 0.1) is 5.75 Å². The summed E-state index contributed by atoms with van der Waals surface area (Å²) in [6, 6.07) is 0. The van der Waals surface area contributed by atoms with Gasteiger partial charge in [-0.15, -0.1) is 11.8 Å². The minimum absolute atomic E-state index is 0.129. The van der Waals surface area contributed by atoms with Crippen molar-refractivity contribution in [2.45, 2.75) is 38.1 Å². The number of hydrogen-bond donors (Lipinski definition) is 0. The molecule has 0 unspecified atom stereocenters. The van der Waals surface area contributed by atoms with E-state index in [2.05, 4.69) is 9.97 Å². The van der Waals surface area contributed by atoms with Crippen LogP contribution in [0.25, 0.3) is 0 Å². The van der Waals surface area contributed by atoms with Crippen LogP contribution in [-0.2, 0) is 15.3 Å². The zero-order valence-corrected chi connectivity index (χ0v) is 14.2. The van der Waals surface area contributed by atoms with Crippen molar-refractivity contribution in [3.8, 4) is 0 Å². The molecule has 0 bridgehead atoms. The summed E-state index contributed by atoms with van der Waals surface area (Å²) in [4.78, 5) is 8.78. The second kappa shape index (κ2) is 5.97. The minimum atomic E-state index is -2.95. The second-order valence-corrected chi connectivity index (χ2v) is 9.20. The molecule has 0 radical (unpaired) electrons. The molecule has 1 aromatic rings. The maximum atomic E-state index is 11.1. The van der Waals surface area contributed by atoms with E-state index in [9.17, 15) is 8.42 Å². The Labute approximate surface area is 124 Å². The molecule has 1 rings (SSSR count). The zero-order chi connectivity index (χ0) is 14.8. The van der Waals surface area contributed by atoms with Crippen molar-refractivity contribution in [1.29, 1.82) is 0 Å². The van der Waals surface area contributed by atoms with Gasteiger partial charge < -0.3 is 0 Å². The maximum absolute atomic E-state index is 11.1. The van der Waals surface area contributed by atoms with Crippen molar-refractivity contribution in [3.05, 3.63) is 16.5 Å². The molecule has 0 atom stereocenters. The van der Waals surface area contributed by atoms with E-state index < -0.39 is 9.84 Å². The summed E-state index contributed by atoms with van der Waals surface area (Å²) < 4.78 is 22.3. The molecule has 0 saturated heterocycles. The number of nitrogens with zero attached hydrogens (tertiary/aromatic N) is 2. The summed E-state index contributed by atoms with van der Waals surface area (Å²) in [6.07, 6.45) is 1.23. The molecule has 0 amide bonds. The molecule has 19 heavy (non-hydrogen) atoms. The number of halogens is 1. The van der Waals surface area contributed by atoms with Gasteiger partial charge in [-0.25, -0.2) is 18.4 Å². The Morgan fingerprint density at radius 3 is 2.32 bits per heavy atom. The average molecular weight is 323 g/mol. The van der Waals surface area contributed by atoms with Crippen LogP contribution >= 0.6 is 23.4 Å². The lowest BCUT2D eigenvalue weighted by Gasteiger charge is -2.18. The van der Waals surface area contributed by atoms with Crippen LogP contribution in [0.3, 0.4) is 0 Å². The third-order valence-corrected chi connectivity index (χ3v) is 5.06. The highest BCUT2D eigenvalue weighted by Crippen LogP contribution is 2.28. The van der Waals surface area contributed by atoms with Crippen molar-refractivity contribution in [1.82, 2.24) is 9.97 Å². The van der Waals surface area contributed by atoms with E-state index in [-0.39, 0.29) is 11.2 Å². The van der Waals surface area contributed by atoms with Gasteiger partial charge in [-0.1, -0.05) is 32.4 Å². The SMILES string of the molecule is Cc1c(Cl)nc(C(C)(C)C)nc1SCCS(C)(=O)=O. The van der Waals surface area contributed by atoms with Gasteiger partial charge in [0.25, 0.3) is 0 Å². The van der Waals surface area contributed by atoms with Crippen molar-refractivity contribution in [3.63, 3.8) is 0 Å². The zero-order valence-electron chi connectivity index (χ0n) is 11.8. The molecule has 0 aliphatic carbocycles. The summed E-state index contributed by atoms with van der Waals surface area (Å²) >= 11 is 7.51. The average Bonchev–Trinajstić information content (AvgIpc) is 2.20. The van der Waals surface area contributed by atoms with Crippen molar-refractivity contribution in [2.75, 3.05) is 17.8 Å². The number of aromatic nitrogens is 2. The Morgan fingerprint density at radius 1 is 1.26 bits per heavy atom. The van der Waals surface area contributed by atoms with Crippen LogP contribution < -0.4 is 0 Å². The first-order valence-corrected chi connectivity index (χ1v) is 9.28. The van der Waals surface area contributed by atoms with Gasteiger partial charge in [-0.2, -0.15) is 0 Å². The number of thioether (sulfide) groups is 1. The lowest BCUT2D eigenvalue weighted by molar-refractivity contribution is 0.537. The molecule has 1 heterocycles. The van der Waals surface area contributed by atoms with Gasteiger partial charge in [-0.05, 0) is 6.92 Å². The molecular weight excluding hydrogens is 304 g/mol. The summed E-state index contributed by atoms with van der Waals surface area (Å²) in [7, 11) is -2.95. The van der Waals surface area contributed by atoms with Crippen LogP contribution in [0.2, 0.25) is 5.15 Å². The largest absolute Gasteiger partial charge is 0.229 e. The molecule has 7 heteroatoms. The molecule has 0 aliphatic heterocycles. The van der Waals surface area contributed by atoms with Crippen LogP contribution in [0.15, 0.2) is 5.03 Å². The first-order valence-electron chi connectivity index (χ1n) is 5.86. The molecular formula is C12H19ClN2O2S2. The normalized spacial score (nSPS) is 12.7. The van der Waals surface area contributed by atoms with Crippen molar-refractivity contribution in [2.24, 2.45) is 0 Å². The molecule has 0 fully saturated rings. The van der Waals surface area contributed by atoms with Crippen LogP contribution in [0.1, 0.15) is 32.2 Å². The lowest BCUT2D eigenvalue weighted by Crippen LogP contribution is -2.17. The third-order valence-electron chi connectivity index (χ3n) is 2.41. The Morgan fingerprint density at radius 2 is 1.84 bits per heavy atom. The fourth-order valence-corrected chi connectivity index (χ4v) is 3.66. The van der Waals surface area contributed by atoms with E-state index in [1.165, 1.54) is 18.0 Å². The van der Waals surface area contributed by atoms with E-state index in [0.717, 1.165) is 10.6 Å². The van der Waals surface area contributed by atoms with Crippen LogP contribution in [0, 0.1) is 6.92 Å². The standard InChI is InChI=1S/C12H19ClN2O2S2/c1-8-9(13)14-11(12(2,3)4)15-10(8)18-6-7-19(5,16)17/h6-7H2,1-5H3. The molecule has 108 valence electrons. The van der Waals surface area contributed by atoms with Crippen molar-refractivity contribution < 1.29 is 8.42 Å². The second-order valence-electron chi connectivity index (χ2n) is 5.50. The number of sulfone groups is 1. The van der Waals surface area contributed by atoms with Gasteiger partial charge in [0.15, 0.2) is 0 Å². The van der Waals surface area contributed by atoms with Gasteiger partial charge in [-0.3, -0.25) is 0 Å². The van der Waals surface area contributed by atoms with E-state index in [1.807, 2.05) is 27.7 Å². The molecule has 1 aromatic heterocycles. The Bertz CT molecular complexity index is 566. The predicted octanol–water partition coefficient (Wildman–Crippen LogP) is 2.87. The molecule has 0 aliphatic rings. The monoisotopic (exact) mass is 322 g/mol. The van der Waals surface area contributed by atoms with Crippen LogP contribution in [0.5, 0.6) is 0 Å². The summed E-state index contributed by atoms with van der Waals surface area (Å²) in [6.45, 7) is 7.88. The minimum Gasteiger partial charge on any atom is -0.229 e. The third kappa shape index (κ3) is 5.28. The van der Waals surface area contributed by atoms with E-state index >= 15 is 0 Å². The Kier molecular flexibility index (Phi) is 5.26. The highest BCUT2D eigenvalue weighted by Gasteiger charge is 2.20. The van der Waals surface area contributed by atoms with Gasteiger partial charge in [0.2, 0.25) is 0 Å². The first kappa shape index (κ1) is 16.7. The molecule has 0 spiro atoms. The molecule has 0 N–H and O–H groups in total. The topological polar surface area (TPSA) is 59.9 Å². The lowest BCUT2D eigenvalue weighted by atomic mass is 9.96. The molecule has 0 saturated carbocycles.